The highest BCUT2D eigenvalue weighted by molar-refractivity contribution is 6.71. The maximum absolute atomic E-state index is 11.9. The van der Waals surface area contributed by atoms with Crippen molar-refractivity contribution in [3.63, 3.8) is 0 Å². The number of aliphatic hydroxyl groups excluding tert-OH is 1. The first kappa shape index (κ1) is 29.9. The van der Waals surface area contributed by atoms with Crippen molar-refractivity contribution in [2.24, 2.45) is 46.3 Å². The summed E-state index contributed by atoms with van der Waals surface area (Å²) >= 11 is 0. The van der Waals surface area contributed by atoms with E-state index < -0.39 is 8.32 Å². The van der Waals surface area contributed by atoms with Gasteiger partial charge in [0.1, 0.15) is 6.61 Å². The number of hydrogen-bond donors (Lipinski definition) is 2. The zero-order valence-electron chi connectivity index (χ0n) is 24.9. The van der Waals surface area contributed by atoms with Crippen molar-refractivity contribution in [3.05, 3.63) is 0 Å². The van der Waals surface area contributed by atoms with Crippen LogP contribution in [-0.2, 0) is 14.0 Å². The van der Waals surface area contributed by atoms with Crippen LogP contribution in [-0.4, -0.2) is 45.2 Å². The fourth-order valence-electron chi connectivity index (χ4n) is 10.1. The van der Waals surface area contributed by atoms with Crippen LogP contribution in [0.5, 0.6) is 0 Å². The van der Waals surface area contributed by atoms with Gasteiger partial charge in [-0.05, 0) is 130 Å². The van der Waals surface area contributed by atoms with Crippen LogP contribution in [0.15, 0.2) is 0 Å². The van der Waals surface area contributed by atoms with Crippen molar-refractivity contribution >= 4 is 14.2 Å². The van der Waals surface area contributed by atoms with Crippen LogP contribution in [0, 0.1) is 57.9 Å². The molecule has 0 unspecified atom stereocenters. The summed E-state index contributed by atoms with van der Waals surface area (Å²) in [6.07, 6.45) is 13.8. The molecule has 2 N–H and O–H groups in total. The lowest BCUT2D eigenvalue weighted by atomic mass is 9.43. The Labute approximate surface area is 232 Å². The van der Waals surface area contributed by atoms with Crippen LogP contribution in [0.4, 0.5) is 0 Å². The summed E-state index contributed by atoms with van der Waals surface area (Å²) in [5.41, 5.74) is 0.290. The van der Waals surface area contributed by atoms with Crippen molar-refractivity contribution < 1.29 is 19.1 Å². The van der Waals surface area contributed by atoms with E-state index in [2.05, 4.69) is 39.2 Å². The monoisotopic (exact) mass is 546 g/mol. The third kappa shape index (κ3) is 5.70. The lowest BCUT2D eigenvalue weighted by Gasteiger charge is -2.62. The normalized spacial score (nSPS) is 41.3. The molecule has 4 rings (SSSR count). The summed E-state index contributed by atoms with van der Waals surface area (Å²) in [7, 11) is -0.0634. The molecule has 10 atom stereocenters. The third-order valence-electron chi connectivity index (χ3n) is 12.2. The number of fused-ring (bicyclic) bond motifs is 5. The van der Waals surface area contributed by atoms with Crippen molar-refractivity contribution in [1.29, 1.82) is 5.26 Å². The minimum atomic E-state index is -1.78. The first-order valence-electron chi connectivity index (χ1n) is 15.5. The predicted octanol–water partition coefficient (Wildman–Crippen LogP) is 6.26. The Balaban J connectivity index is 1.40. The lowest BCUT2D eigenvalue weighted by molar-refractivity contribution is -0.174. The van der Waals surface area contributed by atoms with Crippen molar-refractivity contribution in [1.82, 2.24) is 5.32 Å². The van der Waals surface area contributed by atoms with Gasteiger partial charge in [-0.15, -0.1) is 0 Å². The van der Waals surface area contributed by atoms with E-state index in [4.69, 9.17) is 14.4 Å². The molecular formula is C31H54N2O4Si. The molecule has 4 saturated carbocycles. The third-order valence-corrected chi connectivity index (χ3v) is 14.7. The average molecular weight is 547 g/mol. The largest absolute Gasteiger partial charge is 0.428 e. The molecule has 0 bridgehead atoms. The Kier molecular flexibility index (Phi) is 9.27. The molecule has 0 radical (unpaired) electrons. The zero-order valence-corrected chi connectivity index (χ0v) is 25.9. The maximum Gasteiger partial charge on any atom is 0.286 e. The smallest absolute Gasteiger partial charge is 0.286 e. The van der Waals surface area contributed by atoms with Gasteiger partial charge in [-0.1, -0.05) is 20.8 Å². The topological polar surface area (TPSA) is 91.6 Å². The summed E-state index contributed by atoms with van der Waals surface area (Å²) in [4.78, 5) is 11.9. The van der Waals surface area contributed by atoms with Gasteiger partial charge in [-0.2, -0.15) is 5.26 Å². The van der Waals surface area contributed by atoms with Gasteiger partial charge in [-0.3, -0.25) is 4.79 Å². The standard InChI is InChI=1S/C31H54N2O4Si/c1-21(8-13-29(35)33-4)25-11-12-26-24-10-9-22-18-23(37-38(5,6)17-7-16-36-20-32)14-15-30(22,2)27(24)19-28(34)31(25,26)3/h21-28,34H,7-19H2,1-6H3,(H,33,35)/t21-,22-,23-,24+,25-,26+,27+,28+,30+,31-/m1/s1. The summed E-state index contributed by atoms with van der Waals surface area (Å²) in [5, 5.41) is 23.2. The van der Waals surface area contributed by atoms with E-state index in [1.165, 1.54) is 38.5 Å². The molecule has 0 aromatic rings. The molecule has 0 aliphatic heterocycles. The minimum absolute atomic E-state index is 0.0162. The molecule has 0 saturated heterocycles. The molecule has 216 valence electrons. The Morgan fingerprint density at radius 2 is 1.92 bits per heavy atom. The highest BCUT2D eigenvalue weighted by Gasteiger charge is 2.63. The van der Waals surface area contributed by atoms with Gasteiger partial charge in [0.15, 0.2) is 8.32 Å². The first-order chi connectivity index (χ1) is 18.0. The van der Waals surface area contributed by atoms with Gasteiger partial charge in [0.05, 0.1) is 6.10 Å². The SMILES string of the molecule is CNC(=O)CC[C@@H](C)[C@H]1CC[C@H]2[C@@H]3CC[C@@H]4C[C@H](O[Si](C)(C)CCCOC#N)CC[C@]4(C)[C@H]3C[C@H](O)[C@]12C. The molecule has 38 heavy (non-hydrogen) atoms. The Morgan fingerprint density at radius 3 is 2.63 bits per heavy atom. The van der Waals surface area contributed by atoms with Gasteiger partial charge < -0.3 is 19.6 Å². The molecule has 4 aliphatic carbocycles. The van der Waals surface area contributed by atoms with Crippen molar-refractivity contribution in [2.45, 2.75) is 123 Å². The van der Waals surface area contributed by atoms with E-state index in [0.717, 1.165) is 37.6 Å². The van der Waals surface area contributed by atoms with Crippen LogP contribution >= 0.6 is 0 Å². The first-order valence-corrected chi connectivity index (χ1v) is 18.6. The van der Waals surface area contributed by atoms with E-state index >= 15 is 0 Å². The van der Waals surface area contributed by atoms with Crippen LogP contribution in [0.2, 0.25) is 19.1 Å². The van der Waals surface area contributed by atoms with Crippen molar-refractivity contribution in [2.75, 3.05) is 13.7 Å². The van der Waals surface area contributed by atoms with Crippen molar-refractivity contribution in [3.8, 4) is 6.26 Å². The summed E-state index contributed by atoms with van der Waals surface area (Å²) < 4.78 is 11.7. The number of nitrogens with one attached hydrogen (secondary N) is 1. The second kappa shape index (κ2) is 11.8. The summed E-state index contributed by atoms with van der Waals surface area (Å²) in [6, 6.07) is 1.03. The van der Waals surface area contributed by atoms with Crippen LogP contribution in [0.1, 0.15) is 91.4 Å². The van der Waals surface area contributed by atoms with E-state index in [-0.39, 0.29) is 17.4 Å². The maximum atomic E-state index is 11.9. The highest BCUT2D eigenvalue weighted by atomic mass is 28.4. The van der Waals surface area contributed by atoms with Crippen LogP contribution < -0.4 is 5.32 Å². The number of ether oxygens (including phenoxy) is 1. The average Bonchev–Trinajstić information content (AvgIpc) is 3.24. The number of rotatable bonds is 10. The van der Waals surface area contributed by atoms with E-state index in [1.807, 2.05) is 0 Å². The van der Waals surface area contributed by atoms with E-state index in [1.54, 1.807) is 13.3 Å². The number of amides is 1. The summed E-state index contributed by atoms with van der Waals surface area (Å²) in [5.74, 6) is 3.74. The van der Waals surface area contributed by atoms with Crippen LogP contribution in [0.3, 0.4) is 0 Å². The fraction of sp³-hybridized carbons (Fsp3) is 0.935. The Bertz CT molecular complexity index is 876. The van der Waals surface area contributed by atoms with Gasteiger partial charge in [0.25, 0.3) is 6.26 Å². The molecule has 7 heteroatoms. The summed E-state index contributed by atoms with van der Waals surface area (Å²) in [6.45, 7) is 12.4. The Morgan fingerprint density at radius 1 is 1.16 bits per heavy atom. The molecule has 0 heterocycles. The molecule has 6 nitrogen and oxygen atoms in total. The number of nitriles is 1. The quantitative estimate of drug-likeness (QED) is 0.192. The molecule has 0 spiro atoms. The molecule has 1 amide bonds. The fourth-order valence-corrected chi connectivity index (χ4v) is 12.3. The highest BCUT2D eigenvalue weighted by Crippen LogP contribution is 2.68. The molecule has 4 fully saturated rings. The lowest BCUT2D eigenvalue weighted by Crippen LogP contribution is -2.59. The number of hydrogen-bond acceptors (Lipinski definition) is 5. The van der Waals surface area contributed by atoms with Gasteiger partial charge in [0.2, 0.25) is 5.91 Å². The van der Waals surface area contributed by atoms with Gasteiger partial charge >= 0.3 is 0 Å². The molecule has 0 aromatic carbocycles. The molecular weight excluding hydrogens is 492 g/mol. The Hall–Kier alpha value is -1.10. The number of nitrogens with zero attached hydrogens (tertiary/aromatic N) is 1. The zero-order chi connectivity index (χ0) is 27.7. The number of aliphatic hydroxyl groups is 1. The van der Waals surface area contributed by atoms with E-state index in [9.17, 15) is 9.90 Å². The number of carbonyl (C=O) groups is 1. The van der Waals surface area contributed by atoms with Gasteiger partial charge in [-0.25, -0.2) is 0 Å². The number of carbonyl (C=O) groups excluding carboxylic acids is 1. The molecule has 0 aromatic heterocycles. The second-order valence-electron chi connectivity index (χ2n) is 14.5. The minimum Gasteiger partial charge on any atom is -0.428 e. The van der Waals surface area contributed by atoms with E-state index in [0.29, 0.717) is 54.1 Å². The predicted molar refractivity (Wildman–Crippen MR) is 152 cm³/mol. The van der Waals surface area contributed by atoms with Gasteiger partial charge in [0, 0.05) is 19.6 Å². The molecule has 4 aliphatic rings. The second-order valence-corrected chi connectivity index (χ2v) is 18.7. The van der Waals surface area contributed by atoms with Crippen LogP contribution in [0.25, 0.3) is 0 Å².